The summed E-state index contributed by atoms with van der Waals surface area (Å²) in [5.74, 6) is 2.63. The third-order valence-electron chi connectivity index (χ3n) is 4.46. The topological polar surface area (TPSA) is 60.2 Å². The van der Waals surface area contributed by atoms with Gasteiger partial charge in [0.2, 0.25) is 5.89 Å². The standard InChI is InChI=1S/C19H27N3O2/c1-13(2)18-21-19(24-22-18)14(3)20-12-15-7-6-10-17(11-15)23-16-8-4-5-9-16/h6-7,10-11,13-14,16,20H,4-5,8-9,12H2,1-3H3. The van der Waals surface area contributed by atoms with E-state index in [1.807, 2.05) is 13.0 Å². The van der Waals surface area contributed by atoms with E-state index in [0.29, 0.717) is 12.0 Å². The monoisotopic (exact) mass is 329 g/mol. The third kappa shape index (κ3) is 4.35. The van der Waals surface area contributed by atoms with Crippen molar-refractivity contribution in [3.63, 3.8) is 0 Å². The average molecular weight is 329 g/mol. The molecule has 130 valence electrons. The minimum absolute atomic E-state index is 0.0180. The van der Waals surface area contributed by atoms with Crippen molar-refractivity contribution >= 4 is 0 Å². The molecule has 5 nitrogen and oxygen atoms in total. The molecule has 0 radical (unpaired) electrons. The SMILES string of the molecule is CC(C)c1noc(C(C)NCc2cccc(OC3CCCC3)c2)n1. The summed E-state index contributed by atoms with van der Waals surface area (Å²) < 4.78 is 11.4. The zero-order chi connectivity index (χ0) is 16.9. The maximum absolute atomic E-state index is 6.07. The summed E-state index contributed by atoms with van der Waals surface area (Å²) >= 11 is 0. The van der Waals surface area contributed by atoms with Crippen molar-refractivity contribution in [3.05, 3.63) is 41.5 Å². The Labute approximate surface area is 143 Å². The van der Waals surface area contributed by atoms with Gasteiger partial charge in [0.05, 0.1) is 12.1 Å². The fourth-order valence-electron chi connectivity index (χ4n) is 2.94. The van der Waals surface area contributed by atoms with Crippen LogP contribution in [-0.4, -0.2) is 16.2 Å². The summed E-state index contributed by atoms with van der Waals surface area (Å²) in [6.07, 6.45) is 5.31. The molecule has 1 atom stereocenters. The van der Waals surface area contributed by atoms with Crippen LogP contribution in [0.4, 0.5) is 0 Å². The Bertz CT molecular complexity index is 648. The Morgan fingerprint density at radius 1 is 1.25 bits per heavy atom. The zero-order valence-electron chi connectivity index (χ0n) is 14.8. The molecule has 1 aliphatic carbocycles. The molecule has 1 N–H and O–H groups in total. The first kappa shape index (κ1) is 17.0. The predicted molar refractivity (Wildman–Crippen MR) is 93.0 cm³/mol. The van der Waals surface area contributed by atoms with Crippen LogP contribution in [-0.2, 0) is 6.54 Å². The molecule has 0 amide bonds. The first-order valence-corrected chi connectivity index (χ1v) is 8.94. The van der Waals surface area contributed by atoms with Gasteiger partial charge in [-0.15, -0.1) is 0 Å². The van der Waals surface area contributed by atoms with Gasteiger partial charge in [-0.1, -0.05) is 31.1 Å². The largest absolute Gasteiger partial charge is 0.490 e. The van der Waals surface area contributed by atoms with E-state index >= 15 is 0 Å². The van der Waals surface area contributed by atoms with Gasteiger partial charge in [-0.3, -0.25) is 0 Å². The maximum atomic E-state index is 6.07. The van der Waals surface area contributed by atoms with Crippen molar-refractivity contribution < 1.29 is 9.26 Å². The molecule has 5 heteroatoms. The molecule has 1 aliphatic rings. The second kappa shape index (κ2) is 7.79. The Morgan fingerprint density at radius 3 is 2.75 bits per heavy atom. The van der Waals surface area contributed by atoms with Gasteiger partial charge in [0, 0.05) is 12.5 Å². The highest BCUT2D eigenvalue weighted by Gasteiger charge is 2.17. The molecule has 2 aromatic rings. The molecule has 1 aromatic carbocycles. The van der Waals surface area contributed by atoms with Crippen molar-refractivity contribution in [2.45, 2.75) is 71.1 Å². The second-order valence-electron chi connectivity index (χ2n) is 6.92. The number of nitrogens with zero attached hydrogens (tertiary/aromatic N) is 2. The second-order valence-corrected chi connectivity index (χ2v) is 6.92. The van der Waals surface area contributed by atoms with Crippen molar-refractivity contribution in [1.82, 2.24) is 15.5 Å². The van der Waals surface area contributed by atoms with Crippen LogP contribution in [0, 0.1) is 0 Å². The molecule has 0 bridgehead atoms. The van der Waals surface area contributed by atoms with E-state index in [9.17, 15) is 0 Å². The lowest BCUT2D eigenvalue weighted by Crippen LogP contribution is -2.18. The van der Waals surface area contributed by atoms with Gasteiger partial charge in [0.15, 0.2) is 5.82 Å². The Morgan fingerprint density at radius 2 is 2.04 bits per heavy atom. The number of aromatic nitrogens is 2. The van der Waals surface area contributed by atoms with Crippen LogP contribution in [0.1, 0.15) is 75.7 Å². The fraction of sp³-hybridized carbons (Fsp3) is 0.579. The van der Waals surface area contributed by atoms with Crippen molar-refractivity contribution in [3.8, 4) is 5.75 Å². The lowest BCUT2D eigenvalue weighted by atomic mass is 10.2. The van der Waals surface area contributed by atoms with Crippen molar-refractivity contribution in [1.29, 1.82) is 0 Å². The van der Waals surface area contributed by atoms with E-state index in [4.69, 9.17) is 9.26 Å². The highest BCUT2D eigenvalue weighted by molar-refractivity contribution is 5.28. The van der Waals surface area contributed by atoms with Gasteiger partial charge < -0.3 is 14.6 Å². The molecule has 0 saturated heterocycles. The summed E-state index contributed by atoms with van der Waals surface area (Å²) in [7, 11) is 0. The summed E-state index contributed by atoms with van der Waals surface area (Å²) in [5.41, 5.74) is 1.20. The summed E-state index contributed by atoms with van der Waals surface area (Å²) in [4.78, 5) is 4.44. The molecule has 1 aromatic heterocycles. The Hall–Kier alpha value is -1.88. The quantitative estimate of drug-likeness (QED) is 0.817. The molecule has 0 aliphatic heterocycles. The molecule has 24 heavy (non-hydrogen) atoms. The van der Waals surface area contributed by atoms with Crippen LogP contribution < -0.4 is 10.1 Å². The lowest BCUT2D eigenvalue weighted by Gasteiger charge is -2.14. The van der Waals surface area contributed by atoms with Gasteiger partial charge in [-0.05, 0) is 50.3 Å². The van der Waals surface area contributed by atoms with Crippen LogP contribution in [0.3, 0.4) is 0 Å². The van der Waals surface area contributed by atoms with Gasteiger partial charge in [-0.25, -0.2) is 0 Å². The summed E-state index contributed by atoms with van der Waals surface area (Å²) in [6, 6.07) is 8.33. The minimum atomic E-state index is 0.0180. The van der Waals surface area contributed by atoms with Crippen LogP contribution in [0.5, 0.6) is 5.75 Å². The van der Waals surface area contributed by atoms with Gasteiger partial charge in [-0.2, -0.15) is 4.98 Å². The average Bonchev–Trinajstić information content (AvgIpc) is 3.24. The number of rotatable bonds is 7. The number of ether oxygens (including phenoxy) is 1. The molecule has 0 spiro atoms. The maximum Gasteiger partial charge on any atom is 0.243 e. The first-order chi connectivity index (χ1) is 11.6. The molecule has 1 unspecified atom stereocenters. The van der Waals surface area contributed by atoms with Gasteiger partial charge >= 0.3 is 0 Å². The number of hydrogen-bond acceptors (Lipinski definition) is 5. The van der Waals surface area contributed by atoms with Crippen LogP contribution in [0.2, 0.25) is 0 Å². The van der Waals surface area contributed by atoms with E-state index in [1.165, 1.54) is 31.2 Å². The first-order valence-electron chi connectivity index (χ1n) is 8.94. The van der Waals surface area contributed by atoms with E-state index in [1.54, 1.807) is 0 Å². The van der Waals surface area contributed by atoms with Crippen molar-refractivity contribution in [2.24, 2.45) is 0 Å². The van der Waals surface area contributed by atoms with Crippen LogP contribution in [0.25, 0.3) is 0 Å². The summed E-state index contributed by atoms with van der Waals surface area (Å²) in [5, 5.41) is 7.45. The van der Waals surface area contributed by atoms with E-state index < -0.39 is 0 Å². The van der Waals surface area contributed by atoms with E-state index in [2.05, 4.69) is 47.5 Å². The smallest absolute Gasteiger partial charge is 0.243 e. The van der Waals surface area contributed by atoms with Gasteiger partial charge in [0.1, 0.15) is 5.75 Å². The molecule has 1 heterocycles. The molecule has 3 rings (SSSR count). The third-order valence-corrected chi connectivity index (χ3v) is 4.46. The summed E-state index contributed by atoms with van der Waals surface area (Å²) in [6.45, 7) is 6.89. The molecule has 1 fully saturated rings. The van der Waals surface area contributed by atoms with E-state index in [-0.39, 0.29) is 12.0 Å². The fourth-order valence-corrected chi connectivity index (χ4v) is 2.94. The Balaban J connectivity index is 1.55. The van der Waals surface area contributed by atoms with Crippen LogP contribution >= 0.6 is 0 Å². The molecular formula is C19H27N3O2. The predicted octanol–water partition coefficient (Wildman–Crippen LogP) is 4.37. The van der Waals surface area contributed by atoms with Gasteiger partial charge in [0.25, 0.3) is 0 Å². The molecule has 1 saturated carbocycles. The number of nitrogens with one attached hydrogen (secondary N) is 1. The minimum Gasteiger partial charge on any atom is -0.490 e. The van der Waals surface area contributed by atoms with Crippen molar-refractivity contribution in [2.75, 3.05) is 0 Å². The normalized spacial score (nSPS) is 16.7. The van der Waals surface area contributed by atoms with E-state index in [0.717, 1.165) is 18.1 Å². The highest BCUT2D eigenvalue weighted by atomic mass is 16.5. The Kier molecular flexibility index (Phi) is 5.51. The zero-order valence-corrected chi connectivity index (χ0v) is 14.8. The van der Waals surface area contributed by atoms with Crippen LogP contribution in [0.15, 0.2) is 28.8 Å². The number of hydrogen-bond donors (Lipinski definition) is 1. The highest BCUT2D eigenvalue weighted by Crippen LogP contribution is 2.24. The number of benzene rings is 1. The lowest BCUT2D eigenvalue weighted by molar-refractivity contribution is 0.210. The molecular weight excluding hydrogens is 302 g/mol.